The Balaban J connectivity index is 1.52. The molecule has 6 nitrogen and oxygen atoms in total. The molecule has 0 saturated heterocycles. The van der Waals surface area contributed by atoms with Gasteiger partial charge in [0.25, 0.3) is 5.91 Å². The van der Waals surface area contributed by atoms with Gasteiger partial charge in [-0.3, -0.25) is 14.4 Å². The monoisotopic (exact) mass is 448 g/mol. The van der Waals surface area contributed by atoms with E-state index in [-0.39, 0.29) is 11.8 Å². The van der Waals surface area contributed by atoms with E-state index in [0.29, 0.717) is 28.6 Å². The molecule has 0 radical (unpaired) electrons. The molecule has 0 aliphatic rings. The van der Waals surface area contributed by atoms with Crippen LogP contribution < -0.4 is 15.4 Å². The summed E-state index contributed by atoms with van der Waals surface area (Å²) in [5.74, 6) is -0.718. The second-order valence-electron chi connectivity index (χ2n) is 6.85. The zero-order chi connectivity index (χ0) is 22.9. The molecule has 0 aromatic heterocycles. The maximum atomic E-state index is 12.4. The predicted molar refractivity (Wildman–Crippen MR) is 124 cm³/mol. The smallest absolute Gasteiger partial charge is 0.308 e. The Morgan fingerprint density at radius 2 is 1.72 bits per heavy atom. The molecular weight excluding hydrogens is 428 g/mol. The zero-order valence-electron chi connectivity index (χ0n) is 17.3. The first-order valence-electron chi connectivity index (χ1n) is 9.80. The minimum atomic E-state index is -0.454. The quantitative estimate of drug-likeness (QED) is 0.307. The van der Waals surface area contributed by atoms with Crippen molar-refractivity contribution in [1.29, 1.82) is 0 Å². The van der Waals surface area contributed by atoms with Crippen molar-refractivity contribution in [2.45, 2.75) is 13.5 Å². The van der Waals surface area contributed by atoms with Crippen molar-refractivity contribution in [3.63, 3.8) is 0 Å². The van der Waals surface area contributed by atoms with E-state index in [1.165, 1.54) is 19.1 Å². The molecule has 32 heavy (non-hydrogen) atoms. The number of amides is 2. The predicted octanol–water partition coefficient (Wildman–Crippen LogP) is 4.85. The van der Waals surface area contributed by atoms with Crippen LogP contribution in [0.1, 0.15) is 28.4 Å². The van der Waals surface area contributed by atoms with Crippen LogP contribution in [-0.2, 0) is 16.1 Å². The van der Waals surface area contributed by atoms with Crippen molar-refractivity contribution < 1.29 is 19.1 Å². The minimum absolute atomic E-state index is 0.241. The second kappa shape index (κ2) is 10.9. The molecule has 3 aromatic rings. The lowest BCUT2D eigenvalue weighted by atomic mass is 10.1. The standard InChI is InChI=1S/C25H21ClN2O4/c1-17(29)32-22-7-4-6-20(15-22)25(31)28-21-12-9-18(10-13-21)16-27-24(30)14-11-19-5-2-3-8-23(19)26/h2-15H,16H2,1H3,(H,27,30)(H,28,31)/b14-11+. The van der Waals surface area contributed by atoms with Crippen molar-refractivity contribution in [3.8, 4) is 5.75 Å². The fourth-order valence-electron chi connectivity index (χ4n) is 2.80. The summed E-state index contributed by atoms with van der Waals surface area (Å²) in [6, 6.07) is 20.7. The molecule has 0 bridgehead atoms. The number of halogens is 1. The van der Waals surface area contributed by atoms with Crippen molar-refractivity contribution in [3.05, 3.63) is 101 Å². The van der Waals surface area contributed by atoms with Gasteiger partial charge in [-0.2, -0.15) is 0 Å². The number of rotatable bonds is 7. The highest BCUT2D eigenvalue weighted by atomic mass is 35.5. The summed E-state index contributed by atoms with van der Waals surface area (Å²) < 4.78 is 5.00. The van der Waals surface area contributed by atoms with Gasteiger partial charge in [0.1, 0.15) is 5.75 Å². The van der Waals surface area contributed by atoms with Crippen LogP contribution in [0, 0.1) is 0 Å². The highest BCUT2D eigenvalue weighted by Gasteiger charge is 2.08. The van der Waals surface area contributed by atoms with Crippen molar-refractivity contribution >= 4 is 41.1 Å². The maximum Gasteiger partial charge on any atom is 0.308 e. The lowest BCUT2D eigenvalue weighted by Gasteiger charge is -2.08. The molecule has 0 spiro atoms. The Morgan fingerprint density at radius 3 is 2.44 bits per heavy atom. The fraction of sp³-hybridized carbons (Fsp3) is 0.0800. The third-order valence-corrected chi connectivity index (χ3v) is 4.70. The maximum absolute atomic E-state index is 12.4. The van der Waals surface area contributed by atoms with Crippen molar-refractivity contribution in [1.82, 2.24) is 5.32 Å². The molecular formula is C25H21ClN2O4. The summed E-state index contributed by atoms with van der Waals surface area (Å²) in [6.07, 6.45) is 3.09. The molecule has 0 atom stereocenters. The number of carbonyl (C=O) groups is 3. The molecule has 0 aliphatic heterocycles. The molecule has 2 amide bonds. The first kappa shape index (κ1) is 22.8. The Kier molecular flexibility index (Phi) is 7.78. The number of nitrogens with one attached hydrogen (secondary N) is 2. The van der Waals surface area contributed by atoms with E-state index in [1.54, 1.807) is 42.5 Å². The molecule has 2 N–H and O–H groups in total. The lowest BCUT2D eigenvalue weighted by molar-refractivity contribution is -0.131. The van der Waals surface area contributed by atoms with Crippen LogP contribution in [0.2, 0.25) is 5.02 Å². The van der Waals surface area contributed by atoms with Crippen LogP contribution in [0.4, 0.5) is 5.69 Å². The zero-order valence-corrected chi connectivity index (χ0v) is 18.1. The van der Waals surface area contributed by atoms with Gasteiger partial charge in [-0.05, 0) is 53.6 Å². The van der Waals surface area contributed by atoms with Crippen LogP contribution in [0.15, 0.2) is 78.9 Å². The van der Waals surface area contributed by atoms with Gasteiger partial charge in [0.2, 0.25) is 5.91 Å². The van der Waals surface area contributed by atoms with E-state index in [0.717, 1.165) is 11.1 Å². The summed E-state index contributed by atoms with van der Waals surface area (Å²) >= 11 is 6.07. The average molecular weight is 449 g/mol. The topological polar surface area (TPSA) is 84.5 Å². The average Bonchev–Trinajstić information content (AvgIpc) is 2.78. The van der Waals surface area contributed by atoms with Crippen molar-refractivity contribution in [2.24, 2.45) is 0 Å². The molecule has 0 fully saturated rings. The molecule has 0 saturated carbocycles. The van der Waals surface area contributed by atoms with E-state index in [9.17, 15) is 14.4 Å². The third kappa shape index (κ3) is 6.82. The molecule has 7 heteroatoms. The minimum Gasteiger partial charge on any atom is -0.427 e. The third-order valence-electron chi connectivity index (χ3n) is 4.36. The van der Waals surface area contributed by atoms with Gasteiger partial charge in [0.15, 0.2) is 0 Å². The first-order valence-corrected chi connectivity index (χ1v) is 10.2. The first-order chi connectivity index (χ1) is 15.4. The normalized spacial score (nSPS) is 10.6. The van der Waals surface area contributed by atoms with E-state index < -0.39 is 5.97 Å². The van der Waals surface area contributed by atoms with E-state index in [1.807, 2.05) is 30.3 Å². The van der Waals surface area contributed by atoms with Gasteiger partial charge in [0, 0.05) is 35.8 Å². The summed E-state index contributed by atoms with van der Waals surface area (Å²) in [7, 11) is 0. The van der Waals surface area contributed by atoms with Gasteiger partial charge in [-0.25, -0.2) is 0 Å². The highest BCUT2D eigenvalue weighted by Crippen LogP contribution is 2.17. The molecule has 0 heterocycles. The second-order valence-corrected chi connectivity index (χ2v) is 7.25. The van der Waals surface area contributed by atoms with Crippen molar-refractivity contribution in [2.75, 3.05) is 5.32 Å². The van der Waals surface area contributed by atoms with Crippen LogP contribution >= 0.6 is 11.6 Å². The fourth-order valence-corrected chi connectivity index (χ4v) is 3.00. The Bertz CT molecular complexity index is 1160. The van der Waals surface area contributed by atoms with Gasteiger partial charge < -0.3 is 15.4 Å². The van der Waals surface area contributed by atoms with Crippen LogP contribution in [0.3, 0.4) is 0 Å². The molecule has 3 aromatic carbocycles. The number of ether oxygens (including phenoxy) is 1. The van der Waals surface area contributed by atoms with Gasteiger partial charge in [-0.1, -0.05) is 48.0 Å². The summed E-state index contributed by atoms with van der Waals surface area (Å²) in [6.45, 7) is 1.64. The van der Waals surface area contributed by atoms with Gasteiger partial charge in [0.05, 0.1) is 0 Å². The van der Waals surface area contributed by atoms with Crippen LogP contribution in [0.25, 0.3) is 6.08 Å². The van der Waals surface area contributed by atoms with Crippen LogP contribution in [0.5, 0.6) is 5.75 Å². The van der Waals surface area contributed by atoms with E-state index >= 15 is 0 Å². The number of esters is 1. The molecule has 0 unspecified atom stereocenters. The lowest BCUT2D eigenvalue weighted by Crippen LogP contribution is -2.20. The number of hydrogen-bond acceptors (Lipinski definition) is 4. The van der Waals surface area contributed by atoms with E-state index in [4.69, 9.17) is 16.3 Å². The highest BCUT2D eigenvalue weighted by molar-refractivity contribution is 6.32. The van der Waals surface area contributed by atoms with Gasteiger partial charge in [-0.15, -0.1) is 0 Å². The van der Waals surface area contributed by atoms with Crippen LogP contribution in [-0.4, -0.2) is 17.8 Å². The molecule has 3 rings (SSSR count). The molecule has 162 valence electrons. The SMILES string of the molecule is CC(=O)Oc1cccc(C(=O)Nc2ccc(CNC(=O)/C=C/c3ccccc3Cl)cc2)c1. The summed E-state index contributed by atoms with van der Waals surface area (Å²) in [5, 5.41) is 6.16. The van der Waals surface area contributed by atoms with Gasteiger partial charge >= 0.3 is 5.97 Å². The summed E-state index contributed by atoms with van der Waals surface area (Å²) in [5.41, 5.74) is 2.61. The number of anilines is 1. The number of carbonyl (C=O) groups excluding carboxylic acids is 3. The number of benzene rings is 3. The molecule has 0 aliphatic carbocycles. The Morgan fingerprint density at radius 1 is 0.969 bits per heavy atom. The Labute approximate surface area is 190 Å². The Hall–Kier alpha value is -3.90. The summed E-state index contributed by atoms with van der Waals surface area (Å²) in [4.78, 5) is 35.5. The number of hydrogen-bond donors (Lipinski definition) is 2. The largest absolute Gasteiger partial charge is 0.427 e. The van der Waals surface area contributed by atoms with E-state index in [2.05, 4.69) is 10.6 Å².